The summed E-state index contributed by atoms with van der Waals surface area (Å²) in [6.07, 6.45) is 0. The predicted molar refractivity (Wildman–Crippen MR) is 113 cm³/mol. The number of hydrogen-bond acceptors (Lipinski definition) is 3. The Morgan fingerprint density at radius 3 is 2.36 bits per heavy atom. The van der Waals surface area contributed by atoms with Gasteiger partial charge >= 0.3 is 0 Å². The topological polar surface area (TPSA) is 47.6 Å². The van der Waals surface area contributed by atoms with Gasteiger partial charge in [-0.3, -0.25) is 4.79 Å². The van der Waals surface area contributed by atoms with Crippen LogP contribution in [0.25, 0.3) is 0 Å². The first-order valence-electron chi connectivity index (χ1n) is 8.27. The van der Waals surface area contributed by atoms with Crippen LogP contribution >= 0.6 is 34.8 Å². The molecule has 1 N–H and O–H groups in total. The first kappa shape index (κ1) is 20.3. The van der Waals surface area contributed by atoms with Crippen molar-refractivity contribution >= 4 is 46.4 Å². The first-order valence-corrected chi connectivity index (χ1v) is 9.41. The van der Waals surface area contributed by atoms with Crippen molar-refractivity contribution in [1.82, 2.24) is 0 Å². The highest BCUT2D eigenvalue weighted by atomic mass is 35.5. The summed E-state index contributed by atoms with van der Waals surface area (Å²) in [5, 5.41) is 4.24. The van der Waals surface area contributed by atoms with E-state index in [1.165, 1.54) is 0 Å². The smallest absolute Gasteiger partial charge is 0.255 e. The van der Waals surface area contributed by atoms with Gasteiger partial charge < -0.3 is 14.8 Å². The summed E-state index contributed by atoms with van der Waals surface area (Å²) < 4.78 is 11.1. The highest BCUT2D eigenvalue weighted by Crippen LogP contribution is 2.26. The molecular formula is C21H16Cl3NO3. The highest BCUT2D eigenvalue weighted by molar-refractivity contribution is 6.35. The maximum Gasteiger partial charge on any atom is 0.255 e. The summed E-state index contributed by atoms with van der Waals surface area (Å²) in [4.78, 5) is 12.6. The molecule has 0 aromatic heterocycles. The number of methoxy groups -OCH3 is 1. The van der Waals surface area contributed by atoms with E-state index in [1.807, 2.05) is 0 Å². The number of benzene rings is 3. The second kappa shape index (κ2) is 9.20. The van der Waals surface area contributed by atoms with E-state index in [0.717, 1.165) is 5.56 Å². The number of hydrogen-bond donors (Lipinski definition) is 1. The number of anilines is 1. The number of carbonyl (C=O) groups excluding carboxylic acids is 1. The maximum absolute atomic E-state index is 12.6. The van der Waals surface area contributed by atoms with Crippen molar-refractivity contribution in [3.8, 4) is 11.5 Å². The van der Waals surface area contributed by atoms with Crippen LogP contribution in [0.3, 0.4) is 0 Å². The minimum atomic E-state index is -0.301. The molecule has 1 amide bonds. The van der Waals surface area contributed by atoms with Gasteiger partial charge in [0.25, 0.3) is 5.91 Å². The molecule has 4 nitrogen and oxygen atoms in total. The van der Waals surface area contributed by atoms with Gasteiger partial charge in [-0.15, -0.1) is 0 Å². The van der Waals surface area contributed by atoms with Gasteiger partial charge in [-0.2, -0.15) is 0 Å². The van der Waals surface area contributed by atoms with Crippen molar-refractivity contribution in [3.63, 3.8) is 0 Å². The van der Waals surface area contributed by atoms with Crippen LogP contribution in [0, 0.1) is 0 Å². The van der Waals surface area contributed by atoms with E-state index in [2.05, 4.69) is 5.32 Å². The number of rotatable bonds is 6. The molecule has 0 saturated heterocycles. The molecule has 0 atom stereocenters. The average Bonchev–Trinajstić information content (AvgIpc) is 2.65. The summed E-state index contributed by atoms with van der Waals surface area (Å²) in [6.45, 7) is 0.216. The Morgan fingerprint density at radius 1 is 0.929 bits per heavy atom. The number of nitrogens with one attached hydrogen (secondary N) is 1. The van der Waals surface area contributed by atoms with Crippen molar-refractivity contribution in [2.45, 2.75) is 6.61 Å². The summed E-state index contributed by atoms with van der Waals surface area (Å²) in [7, 11) is 1.56. The minimum Gasteiger partial charge on any atom is -0.496 e. The van der Waals surface area contributed by atoms with E-state index in [9.17, 15) is 4.79 Å². The molecule has 144 valence electrons. The lowest BCUT2D eigenvalue weighted by atomic mass is 10.1. The maximum atomic E-state index is 12.6. The second-order valence-corrected chi connectivity index (χ2v) is 7.19. The third-order valence-electron chi connectivity index (χ3n) is 3.85. The zero-order valence-corrected chi connectivity index (χ0v) is 17.1. The Kier molecular flexibility index (Phi) is 6.68. The normalized spacial score (nSPS) is 10.4. The van der Waals surface area contributed by atoms with Crippen LogP contribution in [-0.2, 0) is 6.61 Å². The third kappa shape index (κ3) is 5.32. The lowest BCUT2D eigenvalue weighted by Crippen LogP contribution is -2.13. The Balaban J connectivity index is 1.78. The van der Waals surface area contributed by atoms with Crippen molar-refractivity contribution in [2.24, 2.45) is 0 Å². The van der Waals surface area contributed by atoms with E-state index in [0.29, 0.717) is 37.8 Å². The average molecular weight is 437 g/mol. The Morgan fingerprint density at radius 2 is 1.68 bits per heavy atom. The molecular weight excluding hydrogens is 421 g/mol. The first-order chi connectivity index (χ1) is 13.4. The fraction of sp³-hybridized carbons (Fsp3) is 0.0952. The quantitative estimate of drug-likeness (QED) is 0.480. The molecule has 0 radical (unpaired) electrons. The fourth-order valence-corrected chi connectivity index (χ4v) is 3.29. The van der Waals surface area contributed by atoms with E-state index >= 15 is 0 Å². The molecule has 28 heavy (non-hydrogen) atoms. The minimum absolute atomic E-state index is 0.216. The number of ether oxygens (including phenoxy) is 2. The molecule has 0 spiro atoms. The summed E-state index contributed by atoms with van der Waals surface area (Å²) in [5.74, 6) is 0.937. The van der Waals surface area contributed by atoms with Crippen LogP contribution in [0.1, 0.15) is 15.9 Å². The molecule has 0 unspecified atom stereocenters. The molecule has 3 aromatic rings. The zero-order chi connectivity index (χ0) is 20.1. The van der Waals surface area contributed by atoms with Gasteiger partial charge in [0.2, 0.25) is 0 Å². The highest BCUT2D eigenvalue weighted by Gasteiger charge is 2.12. The molecule has 0 bridgehead atoms. The van der Waals surface area contributed by atoms with Gasteiger partial charge in [-0.05, 0) is 54.6 Å². The van der Waals surface area contributed by atoms with Crippen LogP contribution in [0.15, 0.2) is 60.7 Å². The third-order valence-corrected chi connectivity index (χ3v) is 4.52. The van der Waals surface area contributed by atoms with Crippen LogP contribution in [-0.4, -0.2) is 13.0 Å². The number of amides is 1. The molecule has 3 aromatic carbocycles. The van der Waals surface area contributed by atoms with Crippen LogP contribution in [0.5, 0.6) is 11.5 Å². The van der Waals surface area contributed by atoms with Crippen LogP contribution in [0.2, 0.25) is 15.1 Å². The van der Waals surface area contributed by atoms with Gasteiger partial charge in [-0.25, -0.2) is 0 Å². The predicted octanol–water partition coefficient (Wildman–Crippen LogP) is 6.49. The monoisotopic (exact) mass is 435 g/mol. The summed E-state index contributed by atoms with van der Waals surface area (Å²) in [6, 6.07) is 17.0. The molecule has 0 heterocycles. The van der Waals surface area contributed by atoms with Crippen molar-refractivity contribution in [2.75, 3.05) is 12.4 Å². The number of halogens is 3. The molecule has 0 saturated carbocycles. The Bertz CT molecular complexity index is 988. The van der Waals surface area contributed by atoms with E-state index in [4.69, 9.17) is 44.3 Å². The van der Waals surface area contributed by atoms with Gasteiger partial charge in [0, 0.05) is 31.9 Å². The molecule has 0 aliphatic rings. The van der Waals surface area contributed by atoms with Crippen molar-refractivity contribution < 1.29 is 14.3 Å². The Hall–Kier alpha value is -2.40. The van der Waals surface area contributed by atoms with Crippen LogP contribution in [0.4, 0.5) is 5.69 Å². The zero-order valence-electron chi connectivity index (χ0n) is 14.8. The Labute approximate surface area is 177 Å². The molecule has 0 aliphatic heterocycles. The molecule has 7 heteroatoms. The van der Waals surface area contributed by atoms with E-state index < -0.39 is 0 Å². The van der Waals surface area contributed by atoms with Gasteiger partial charge in [-0.1, -0.05) is 40.9 Å². The SMILES string of the molecule is COc1ccc(C(=O)Nc2cc(Cl)cc(Cl)c2)cc1COc1cccc(Cl)c1. The lowest BCUT2D eigenvalue weighted by molar-refractivity contribution is 0.102. The molecule has 3 rings (SSSR count). The van der Waals surface area contributed by atoms with Gasteiger partial charge in [0.15, 0.2) is 0 Å². The van der Waals surface area contributed by atoms with Gasteiger partial charge in [0.05, 0.1) is 7.11 Å². The number of carbonyl (C=O) groups is 1. The van der Waals surface area contributed by atoms with E-state index in [-0.39, 0.29) is 12.5 Å². The largest absolute Gasteiger partial charge is 0.496 e. The molecule has 0 aliphatic carbocycles. The molecule has 0 fully saturated rings. The summed E-state index contributed by atoms with van der Waals surface area (Å²) >= 11 is 17.9. The van der Waals surface area contributed by atoms with E-state index in [1.54, 1.807) is 67.8 Å². The van der Waals surface area contributed by atoms with Crippen molar-refractivity contribution in [1.29, 1.82) is 0 Å². The summed E-state index contributed by atoms with van der Waals surface area (Å²) in [5.41, 5.74) is 1.68. The van der Waals surface area contributed by atoms with Crippen molar-refractivity contribution in [3.05, 3.63) is 86.9 Å². The lowest BCUT2D eigenvalue weighted by Gasteiger charge is -2.13. The fourth-order valence-electron chi connectivity index (χ4n) is 2.58. The van der Waals surface area contributed by atoms with Gasteiger partial charge in [0.1, 0.15) is 18.1 Å². The van der Waals surface area contributed by atoms with Crippen LogP contribution < -0.4 is 14.8 Å². The second-order valence-electron chi connectivity index (χ2n) is 5.88. The standard InChI is InChI=1S/C21H16Cl3NO3/c1-27-20-6-5-13(21(26)25-18-9-16(23)8-17(24)10-18)7-14(20)12-28-19-4-2-3-15(22)11-19/h2-11H,12H2,1H3,(H,25,26).